The fourth-order valence-corrected chi connectivity index (χ4v) is 1.80. The number of aliphatic carboxylic acids is 1. The summed E-state index contributed by atoms with van der Waals surface area (Å²) in [4.78, 5) is 29.1. The Balaban J connectivity index is 2.14. The van der Waals surface area contributed by atoms with Crippen LogP contribution >= 0.6 is 0 Å². The molecule has 0 aliphatic carbocycles. The van der Waals surface area contributed by atoms with Crippen LogP contribution in [0.5, 0.6) is 0 Å². The van der Waals surface area contributed by atoms with Crippen molar-refractivity contribution in [1.29, 1.82) is 0 Å². The molecular weight excluding hydrogens is 240 g/mol. The van der Waals surface area contributed by atoms with Crippen molar-refractivity contribution in [2.24, 2.45) is 5.92 Å². The van der Waals surface area contributed by atoms with Gasteiger partial charge in [0.2, 0.25) is 5.91 Å². The molecule has 1 rings (SSSR count). The van der Waals surface area contributed by atoms with Gasteiger partial charge in [0.25, 0.3) is 0 Å². The highest BCUT2D eigenvalue weighted by atomic mass is 16.7. The number of nitrogens with one attached hydrogen (secondary N) is 1. The van der Waals surface area contributed by atoms with Gasteiger partial charge in [-0.25, -0.2) is 0 Å². The van der Waals surface area contributed by atoms with E-state index in [0.29, 0.717) is 39.1 Å². The van der Waals surface area contributed by atoms with Crippen molar-refractivity contribution in [1.82, 2.24) is 10.4 Å². The Morgan fingerprint density at radius 2 is 2.00 bits per heavy atom. The number of carboxylic acids is 1. The fourth-order valence-electron chi connectivity index (χ4n) is 1.80. The van der Waals surface area contributed by atoms with Crippen LogP contribution in [-0.4, -0.2) is 61.8 Å². The summed E-state index contributed by atoms with van der Waals surface area (Å²) in [5, 5.41) is 8.84. The van der Waals surface area contributed by atoms with E-state index in [2.05, 4.69) is 5.48 Å². The standard InChI is InChI=1S/C11H20N2O5/c1-17-6-7-18-12-8-10(14)13-4-2-9(3-5-13)11(15)16/h9,12H,2-8H2,1H3,(H,15,16). The predicted octanol–water partition coefficient (Wildman–Crippen LogP) is -0.523. The van der Waals surface area contributed by atoms with Gasteiger partial charge in [0.05, 0.1) is 19.1 Å². The Bertz CT molecular complexity index is 277. The normalized spacial score (nSPS) is 16.8. The Morgan fingerprint density at radius 3 is 2.56 bits per heavy atom. The number of hydrogen-bond donors (Lipinski definition) is 2. The van der Waals surface area contributed by atoms with E-state index >= 15 is 0 Å². The number of hydrogen-bond acceptors (Lipinski definition) is 5. The third-order valence-corrected chi connectivity index (χ3v) is 2.91. The lowest BCUT2D eigenvalue weighted by molar-refractivity contribution is -0.146. The van der Waals surface area contributed by atoms with Crippen LogP contribution in [0, 0.1) is 5.92 Å². The van der Waals surface area contributed by atoms with Crippen LogP contribution in [-0.2, 0) is 19.2 Å². The zero-order chi connectivity index (χ0) is 13.4. The van der Waals surface area contributed by atoms with E-state index in [4.69, 9.17) is 14.7 Å². The molecule has 0 aromatic heterocycles. The molecule has 1 saturated heterocycles. The van der Waals surface area contributed by atoms with E-state index in [1.54, 1.807) is 12.0 Å². The summed E-state index contributed by atoms with van der Waals surface area (Å²) in [6.07, 6.45) is 1.04. The monoisotopic (exact) mass is 260 g/mol. The van der Waals surface area contributed by atoms with Crippen LogP contribution < -0.4 is 5.48 Å². The van der Waals surface area contributed by atoms with E-state index in [0.717, 1.165) is 0 Å². The van der Waals surface area contributed by atoms with Gasteiger partial charge < -0.3 is 14.7 Å². The van der Waals surface area contributed by atoms with E-state index < -0.39 is 5.97 Å². The molecule has 2 N–H and O–H groups in total. The molecule has 1 heterocycles. The summed E-state index contributed by atoms with van der Waals surface area (Å²) in [5.41, 5.74) is 2.56. The molecule has 0 bridgehead atoms. The molecule has 0 unspecified atom stereocenters. The number of hydroxylamine groups is 1. The largest absolute Gasteiger partial charge is 0.481 e. The molecule has 7 nitrogen and oxygen atoms in total. The van der Waals surface area contributed by atoms with Gasteiger partial charge in [-0.05, 0) is 12.8 Å². The first-order valence-electron chi connectivity index (χ1n) is 5.99. The van der Waals surface area contributed by atoms with Gasteiger partial charge in [-0.3, -0.25) is 14.4 Å². The summed E-state index contributed by atoms with van der Waals surface area (Å²) < 4.78 is 4.78. The molecule has 0 aromatic carbocycles. The Labute approximate surface area is 106 Å². The van der Waals surface area contributed by atoms with Gasteiger partial charge in [-0.1, -0.05) is 0 Å². The molecule has 0 radical (unpaired) electrons. The van der Waals surface area contributed by atoms with Gasteiger partial charge in [-0.15, -0.1) is 0 Å². The van der Waals surface area contributed by atoms with Crippen LogP contribution in [0.25, 0.3) is 0 Å². The molecule has 1 amide bonds. The van der Waals surface area contributed by atoms with Crippen molar-refractivity contribution < 1.29 is 24.3 Å². The first kappa shape index (κ1) is 14.9. The molecule has 0 spiro atoms. The summed E-state index contributed by atoms with van der Waals surface area (Å²) in [5.74, 6) is -1.17. The highest BCUT2D eigenvalue weighted by Crippen LogP contribution is 2.16. The topological polar surface area (TPSA) is 88.1 Å². The van der Waals surface area contributed by atoms with Crippen molar-refractivity contribution in [3.05, 3.63) is 0 Å². The quantitative estimate of drug-likeness (QED) is 0.473. The second-order valence-corrected chi connectivity index (χ2v) is 4.16. The Hall–Kier alpha value is -1.18. The van der Waals surface area contributed by atoms with Crippen molar-refractivity contribution >= 4 is 11.9 Å². The smallest absolute Gasteiger partial charge is 0.306 e. The maximum atomic E-state index is 11.7. The van der Waals surface area contributed by atoms with E-state index in [-0.39, 0.29) is 18.4 Å². The number of nitrogens with zero attached hydrogens (tertiary/aromatic N) is 1. The lowest BCUT2D eigenvalue weighted by atomic mass is 9.97. The van der Waals surface area contributed by atoms with Crippen LogP contribution in [0.1, 0.15) is 12.8 Å². The van der Waals surface area contributed by atoms with Crippen LogP contribution in [0.4, 0.5) is 0 Å². The first-order valence-corrected chi connectivity index (χ1v) is 5.99. The van der Waals surface area contributed by atoms with Gasteiger partial charge in [0, 0.05) is 20.2 Å². The average Bonchev–Trinajstić information content (AvgIpc) is 2.38. The van der Waals surface area contributed by atoms with E-state index in [1.807, 2.05) is 0 Å². The number of likely N-dealkylation sites (tertiary alicyclic amines) is 1. The molecular formula is C11H20N2O5. The predicted molar refractivity (Wildman–Crippen MR) is 62.8 cm³/mol. The van der Waals surface area contributed by atoms with Gasteiger partial charge in [-0.2, -0.15) is 5.48 Å². The number of carbonyl (C=O) groups excluding carboxylic acids is 1. The molecule has 1 aliphatic heterocycles. The third kappa shape index (κ3) is 4.99. The van der Waals surface area contributed by atoms with Crippen LogP contribution in [0.3, 0.4) is 0 Å². The Morgan fingerprint density at radius 1 is 1.33 bits per heavy atom. The maximum absolute atomic E-state index is 11.7. The molecule has 0 saturated carbocycles. The number of carboxylic acid groups (broad SMARTS) is 1. The first-order chi connectivity index (χ1) is 8.65. The van der Waals surface area contributed by atoms with Crippen LogP contribution in [0.2, 0.25) is 0 Å². The maximum Gasteiger partial charge on any atom is 0.306 e. The minimum Gasteiger partial charge on any atom is -0.481 e. The van der Waals surface area contributed by atoms with Gasteiger partial charge in [0.1, 0.15) is 6.54 Å². The minimum atomic E-state index is -0.775. The van der Waals surface area contributed by atoms with Gasteiger partial charge in [0.15, 0.2) is 0 Å². The lowest BCUT2D eigenvalue weighted by Gasteiger charge is -2.30. The third-order valence-electron chi connectivity index (χ3n) is 2.91. The molecule has 1 fully saturated rings. The zero-order valence-corrected chi connectivity index (χ0v) is 10.6. The number of ether oxygens (including phenoxy) is 1. The lowest BCUT2D eigenvalue weighted by Crippen LogP contribution is -2.44. The zero-order valence-electron chi connectivity index (χ0n) is 10.6. The number of piperidine rings is 1. The number of methoxy groups -OCH3 is 1. The fraction of sp³-hybridized carbons (Fsp3) is 0.818. The summed E-state index contributed by atoms with van der Waals surface area (Å²) >= 11 is 0. The number of carbonyl (C=O) groups is 2. The van der Waals surface area contributed by atoms with Gasteiger partial charge >= 0.3 is 5.97 Å². The minimum absolute atomic E-state index is 0.0729. The molecule has 7 heteroatoms. The molecule has 18 heavy (non-hydrogen) atoms. The summed E-state index contributed by atoms with van der Waals surface area (Å²) in [7, 11) is 1.57. The van der Waals surface area contributed by atoms with Crippen molar-refractivity contribution in [2.75, 3.05) is 40.0 Å². The SMILES string of the molecule is COCCONCC(=O)N1CCC(C(=O)O)CC1. The van der Waals surface area contributed by atoms with Crippen molar-refractivity contribution in [2.45, 2.75) is 12.8 Å². The molecule has 0 aromatic rings. The number of amides is 1. The molecule has 104 valence electrons. The molecule has 0 atom stereocenters. The van der Waals surface area contributed by atoms with Crippen molar-refractivity contribution in [3.8, 4) is 0 Å². The van der Waals surface area contributed by atoms with Crippen LogP contribution in [0.15, 0.2) is 0 Å². The second-order valence-electron chi connectivity index (χ2n) is 4.16. The van der Waals surface area contributed by atoms with Crippen molar-refractivity contribution in [3.63, 3.8) is 0 Å². The second kappa shape index (κ2) is 8.02. The molecule has 1 aliphatic rings. The van der Waals surface area contributed by atoms with E-state index in [1.165, 1.54) is 0 Å². The highest BCUT2D eigenvalue weighted by Gasteiger charge is 2.26. The summed E-state index contributed by atoms with van der Waals surface area (Å²) in [6, 6.07) is 0. The highest BCUT2D eigenvalue weighted by molar-refractivity contribution is 5.78. The summed E-state index contributed by atoms with van der Waals surface area (Å²) in [6.45, 7) is 1.93. The van der Waals surface area contributed by atoms with E-state index in [9.17, 15) is 9.59 Å². The number of rotatable bonds is 7. The Kier molecular flexibility index (Phi) is 6.63. The average molecular weight is 260 g/mol.